The summed E-state index contributed by atoms with van der Waals surface area (Å²) in [6, 6.07) is 12.5. The van der Waals surface area contributed by atoms with E-state index < -0.39 is 6.36 Å². The quantitative estimate of drug-likeness (QED) is 0.522. The molecule has 188 valence electrons. The van der Waals surface area contributed by atoms with Crippen molar-refractivity contribution in [3.8, 4) is 5.75 Å². The molecular formula is C24H31ClF3N3O3. The molecule has 1 aliphatic heterocycles. The zero-order valence-corrected chi connectivity index (χ0v) is 20.1. The van der Waals surface area contributed by atoms with E-state index in [9.17, 15) is 23.1 Å². The molecule has 1 atom stereocenters. The molecule has 1 aliphatic rings. The third-order valence-corrected chi connectivity index (χ3v) is 5.53. The molecular weight excluding hydrogens is 471 g/mol. The predicted octanol–water partition coefficient (Wildman–Crippen LogP) is 5.17. The molecule has 0 spiro atoms. The Balaban J connectivity index is 0.00000199. The number of alkyl halides is 3. The van der Waals surface area contributed by atoms with E-state index in [1.54, 1.807) is 36.4 Å². The Morgan fingerprint density at radius 3 is 2.18 bits per heavy atom. The molecule has 0 bridgehead atoms. The minimum Gasteiger partial charge on any atom is -0.406 e. The first kappa shape index (κ1) is 27.8. The van der Waals surface area contributed by atoms with Gasteiger partial charge in [0.15, 0.2) is 0 Å². The lowest BCUT2D eigenvalue weighted by molar-refractivity contribution is -0.274. The van der Waals surface area contributed by atoms with Gasteiger partial charge in [0.2, 0.25) is 5.91 Å². The summed E-state index contributed by atoms with van der Waals surface area (Å²) < 4.78 is 40.9. The summed E-state index contributed by atoms with van der Waals surface area (Å²) in [5, 5.41) is 12.9. The molecule has 0 aliphatic carbocycles. The second-order valence-electron chi connectivity index (χ2n) is 7.49. The molecule has 2 aromatic rings. The number of nitrogens with zero attached hydrogens (tertiary/aromatic N) is 2. The molecule has 3 rings (SSSR count). The number of nitrogens with one attached hydrogen (secondary N) is 1. The number of halogens is 4. The fourth-order valence-electron chi connectivity index (χ4n) is 3.73. The number of hydrogen-bond donors (Lipinski definition) is 2. The molecule has 1 fully saturated rings. The second-order valence-corrected chi connectivity index (χ2v) is 7.93. The topological polar surface area (TPSA) is 65.0 Å². The maximum atomic E-state index is 12.5. The van der Waals surface area contributed by atoms with Crippen LogP contribution in [0.1, 0.15) is 26.7 Å². The van der Waals surface area contributed by atoms with Crippen molar-refractivity contribution < 1.29 is 27.8 Å². The molecule has 1 heterocycles. The maximum absolute atomic E-state index is 12.5. The summed E-state index contributed by atoms with van der Waals surface area (Å²) in [4.78, 5) is 16.7. The second kappa shape index (κ2) is 13.4. The highest BCUT2D eigenvalue weighted by molar-refractivity contribution is 6.30. The standard InChI is InChI=1S/C22H25ClF3N3O3.C2H6/c23-16-1-3-17(4-2-16)27-21(31)15-19(9-14-30)29-12-10-28(11-13-29)18-5-7-20(8-6-18)32-22(24,25)26;1-2/h1-8,19,30H,9-15H2,(H,27,31);1-2H3. The number of amides is 1. The van der Waals surface area contributed by atoms with E-state index in [2.05, 4.69) is 19.9 Å². The summed E-state index contributed by atoms with van der Waals surface area (Å²) in [5.74, 6) is -0.400. The van der Waals surface area contributed by atoms with E-state index in [1.165, 1.54) is 12.1 Å². The molecule has 34 heavy (non-hydrogen) atoms. The van der Waals surface area contributed by atoms with E-state index in [0.717, 1.165) is 5.69 Å². The van der Waals surface area contributed by atoms with Crippen LogP contribution in [0.15, 0.2) is 48.5 Å². The Morgan fingerprint density at radius 2 is 1.65 bits per heavy atom. The highest BCUT2D eigenvalue weighted by atomic mass is 35.5. The van der Waals surface area contributed by atoms with Crippen molar-refractivity contribution in [2.24, 2.45) is 0 Å². The average Bonchev–Trinajstić information content (AvgIpc) is 2.81. The lowest BCUT2D eigenvalue weighted by Gasteiger charge is -2.40. The van der Waals surface area contributed by atoms with Gasteiger partial charge >= 0.3 is 6.36 Å². The number of rotatable bonds is 8. The van der Waals surface area contributed by atoms with Crippen LogP contribution in [0.3, 0.4) is 0 Å². The molecule has 10 heteroatoms. The van der Waals surface area contributed by atoms with Gasteiger partial charge < -0.3 is 20.1 Å². The Kier molecular flexibility index (Phi) is 10.9. The highest BCUT2D eigenvalue weighted by Crippen LogP contribution is 2.26. The van der Waals surface area contributed by atoms with Crippen LogP contribution in [-0.2, 0) is 4.79 Å². The van der Waals surface area contributed by atoms with E-state index in [1.807, 2.05) is 13.8 Å². The molecule has 1 saturated heterocycles. The summed E-state index contributed by atoms with van der Waals surface area (Å²) in [7, 11) is 0. The highest BCUT2D eigenvalue weighted by Gasteiger charge is 2.31. The summed E-state index contributed by atoms with van der Waals surface area (Å²) in [6.07, 6.45) is -4.00. The zero-order chi connectivity index (χ0) is 25.1. The van der Waals surface area contributed by atoms with Crippen molar-refractivity contribution >= 4 is 28.9 Å². The van der Waals surface area contributed by atoms with Crippen LogP contribution in [0.25, 0.3) is 0 Å². The van der Waals surface area contributed by atoms with Crippen LogP contribution in [0.5, 0.6) is 5.75 Å². The first-order valence-corrected chi connectivity index (χ1v) is 11.6. The molecule has 2 N–H and O–H groups in total. The van der Waals surface area contributed by atoms with Gasteiger partial charge in [-0.25, -0.2) is 0 Å². The monoisotopic (exact) mass is 501 g/mol. The number of ether oxygens (including phenoxy) is 1. The molecule has 6 nitrogen and oxygen atoms in total. The van der Waals surface area contributed by atoms with Crippen LogP contribution in [0, 0.1) is 0 Å². The minimum absolute atomic E-state index is 0.0280. The lowest BCUT2D eigenvalue weighted by Crippen LogP contribution is -2.51. The Morgan fingerprint density at radius 1 is 1.06 bits per heavy atom. The third-order valence-electron chi connectivity index (χ3n) is 5.28. The molecule has 1 amide bonds. The van der Waals surface area contributed by atoms with Crippen molar-refractivity contribution in [1.82, 2.24) is 4.90 Å². The molecule has 0 aromatic heterocycles. The van der Waals surface area contributed by atoms with Crippen molar-refractivity contribution in [1.29, 1.82) is 0 Å². The number of piperazine rings is 1. The lowest BCUT2D eigenvalue weighted by atomic mass is 10.1. The Bertz CT molecular complexity index is 872. The van der Waals surface area contributed by atoms with Crippen molar-refractivity contribution in [3.63, 3.8) is 0 Å². The first-order valence-electron chi connectivity index (χ1n) is 11.2. The smallest absolute Gasteiger partial charge is 0.406 e. The molecule has 0 saturated carbocycles. The number of benzene rings is 2. The van der Waals surface area contributed by atoms with Crippen molar-refractivity contribution in [3.05, 3.63) is 53.6 Å². The van der Waals surface area contributed by atoms with Gasteiger partial charge in [0.05, 0.1) is 0 Å². The van der Waals surface area contributed by atoms with Gasteiger partial charge in [0.25, 0.3) is 0 Å². The Hall–Kier alpha value is -2.49. The number of carbonyl (C=O) groups excluding carboxylic acids is 1. The van der Waals surface area contributed by atoms with Gasteiger partial charge in [-0.2, -0.15) is 0 Å². The third kappa shape index (κ3) is 9.04. The fourth-order valence-corrected chi connectivity index (χ4v) is 3.85. The van der Waals surface area contributed by atoms with Crippen molar-refractivity contribution in [2.45, 2.75) is 39.1 Å². The largest absolute Gasteiger partial charge is 0.573 e. The minimum atomic E-state index is -4.71. The summed E-state index contributed by atoms with van der Waals surface area (Å²) >= 11 is 5.86. The SMILES string of the molecule is CC.O=C(CC(CCO)N1CCN(c2ccc(OC(F)(F)F)cc2)CC1)Nc1ccc(Cl)cc1. The van der Waals surface area contributed by atoms with E-state index >= 15 is 0 Å². The van der Waals surface area contributed by atoms with E-state index in [0.29, 0.717) is 43.3 Å². The van der Waals surface area contributed by atoms with Gasteiger partial charge in [-0.15, -0.1) is 13.2 Å². The average molecular weight is 502 g/mol. The fraction of sp³-hybridized carbons (Fsp3) is 0.458. The number of anilines is 2. The van der Waals surface area contributed by atoms with Gasteiger partial charge in [-0.1, -0.05) is 25.4 Å². The van der Waals surface area contributed by atoms with Crippen LogP contribution >= 0.6 is 11.6 Å². The Labute approximate surface area is 203 Å². The van der Waals surface area contributed by atoms with Crippen LogP contribution in [0.2, 0.25) is 5.02 Å². The molecule has 2 aromatic carbocycles. The number of hydrogen-bond acceptors (Lipinski definition) is 5. The predicted molar refractivity (Wildman–Crippen MR) is 128 cm³/mol. The van der Waals surface area contributed by atoms with Crippen LogP contribution < -0.4 is 15.0 Å². The summed E-state index contributed by atoms with van der Waals surface area (Å²) in [5.41, 5.74) is 1.46. The molecule has 0 radical (unpaired) electrons. The van der Waals surface area contributed by atoms with Crippen molar-refractivity contribution in [2.75, 3.05) is 43.0 Å². The van der Waals surface area contributed by atoms with Crippen LogP contribution in [-0.4, -0.2) is 61.1 Å². The normalized spacial score (nSPS) is 15.2. The first-order chi connectivity index (χ1) is 16.2. The van der Waals surface area contributed by atoms with Crippen LogP contribution in [0.4, 0.5) is 24.5 Å². The number of aliphatic hydroxyl groups is 1. The zero-order valence-electron chi connectivity index (χ0n) is 19.3. The summed E-state index contributed by atoms with van der Waals surface area (Å²) in [6.45, 7) is 6.61. The van der Waals surface area contributed by atoms with Gasteiger partial charge in [0, 0.05) is 61.6 Å². The van der Waals surface area contributed by atoms with E-state index in [4.69, 9.17) is 11.6 Å². The number of aliphatic hydroxyl groups excluding tert-OH is 1. The van der Waals surface area contributed by atoms with E-state index in [-0.39, 0.29) is 30.7 Å². The van der Waals surface area contributed by atoms with Gasteiger partial charge in [0.1, 0.15) is 5.75 Å². The van der Waals surface area contributed by atoms with Gasteiger partial charge in [-0.3, -0.25) is 9.69 Å². The maximum Gasteiger partial charge on any atom is 0.573 e. The van der Waals surface area contributed by atoms with Gasteiger partial charge in [-0.05, 0) is 55.0 Å². The number of carbonyl (C=O) groups is 1. The molecule has 1 unspecified atom stereocenters.